The number of amides is 1. The third-order valence-corrected chi connectivity index (χ3v) is 5.49. The molecule has 0 spiro atoms. The number of carbonyl (C=O) groups is 1. The fraction of sp³-hybridized carbons (Fsp3) is 0.200. The third kappa shape index (κ3) is 3.38. The summed E-state index contributed by atoms with van der Waals surface area (Å²) in [5.74, 6) is 0.317. The van der Waals surface area contributed by atoms with E-state index in [-0.39, 0.29) is 5.91 Å². The number of ether oxygens (including phenoxy) is 1. The molecule has 6 nitrogen and oxygen atoms in total. The van der Waals surface area contributed by atoms with Gasteiger partial charge in [0.2, 0.25) is 23.2 Å². The number of halogens is 1. The number of nitrogens with zero attached hydrogens (tertiary/aromatic N) is 4. The first-order valence-electron chi connectivity index (χ1n) is 8.74. The van der Waals surface area contributed by atoms with E-state index in [1.165, 1.54) is 11.8 Å². The number of benzene rings is 2. The zero-order valence-electron chi connectivity index (χ0n) is 15.3. The number of hydrogen-bond acceptors (Lipinski definition) is 6. The Hall–Kier alpha value is -2.45. The van der Waals surface area contributed by atoms with Gasteiger partial charge in [-0.2, -0.15) is 4.98 Å². The largest absolute Gasteiger partial charge is 0.447 e. The van der Waals surface area contributed by atoms with Crippen LogP contribution in [0.15, 0.2) is 58.2 Å². The van der Waals surface area contributed by atoms with Crippen LogP contribution < -0.4 is 9.64 Å². The zero-order valence-corrected chi connectivity index (χ0v) is 17.7. The number of fused-ring (bicyclic) bond motifs is 3. The predicted molar refractivity (Wildman–Crippen MR) is 112 cm³/mol. The summed E-state index contributed by atoms with van der Waals surface area (Å²) in [6, 6.07) is 15.3. The molecule has 142 valence electrons. The Balaban J connectivity index is 1.96. The Morgan fingerprint density at radius 2 is 1.93 bits per heavy atom. The number of thioether (sulfide) groups is 1. The molecule has 0 N–H and O–H groups in total. The van der Waals surface area contributed by atoms with Crippen LogP contribution in [0.2, 0.25) is 0 Å². The van der Waals surface area contributed by atoms with Gasteiger partial charge in [0.05, 0.1) is 5.69 Å². The number of rotatable bonds is 3. The summed E-state index contributed by atoms with van der Waals surface area (Å²) in [5, 5.41) is 9.03. The second-order valence-electron chi connectivity index (χ2n) is 6.11. The first-order valence-corrected chi connectivity index (χ1v) is 10.8. The molecule has 1 aliphatic heterocycles. The minimum atomic E-state index is -0.658. The first kappa shape index (κ1) is 18.9. The van der Waals surface area contributed by atoms with E-state index in [0.717, 1.165) is 21.3 Å². The van der Waals surface area contributed by atoms with Crippen molar-refractivity contribution in [2.45, 2.75) is 24.7 Å². The van der Waals surface area contributed by atoms with Gasteiger partial charge in [-0.3, -0.25) is 9.69 Å². The van der Waals surface area contributed by atoms with Gasteiger partial charge in [0, 0.05) is 22.0 Å². The van der Waals surface area contributed by atoms with Crippen molar-refractivity contribution in [3.8, 4) is 17.1 Å². The molecule has 28 heavy (non-hydrogen) atoms. The monoisotopic (exact) mass is 456 g/mol. The maximum atomic E-state index is 13.0. The van der Waals surface area contributed by atoms with Crippen molar-refractivity contribution in [3.63, 3.8) is 0 Å². The van der Waals surface area contributed by atoms with Crippen LogP contribution in [0.5, 0.6) is 5.88 Å². The summed E-state index contributed by atoms with van der Waals surface area (Å²) in [4.78, 5) is 19.2. The van der Waals surface area contributed by atoms with E-state index in [4.69, 9.17) is 4.74 Å². The van der Waals surface area contributed by atoms with Gasteiger partial charge in [-0.25, -0.2) is 0 Å². The Bertz CT molecular complexity index is 1030. The summed E-state index contributed by atoms with van der Waals surface area (Å²) >= 11 is 4.85. The summed E-state index contributed by atoms with van der Waals surface area (Å²) in [7, 11) is 0. The maximum Gasteiger partial charge on any atom is 0.247 e. The van der Waals surface area contributed by atoms with E-state index in [0.29, 0.717) is 23.2 Å². The van der Waals surface area contributed by atoms with Crippen LogP contribution in [0.1, 0.15) is 25.1 Å². The number of anilines is 1. The highest BCUT2D eigenvalue weighted by Gasteiger charge is 2.35. The van der Waals surface area contributed by atoms with Crippen molar-refractivity contribution < 1.29 is 9.53 Å². The highest BCUT2D eigenvalue weighted by Crippen LogP contribution is 2.43. The van der Waals surface area contributed by atoms with Gasteiger partial charge >= 0.3 is 0 Å². The Labute approximate surface area is 175 Å². The Morgan fingerprint density at radius 3 is 2.64 bits per heavy atom. The highest BCUT2D eigenvalue weighted by molar-refractivity contribution is 9.10. The molecule has 1 amide bonds. The van der Waals surface area contributed by atoms with E-state index in [2.05, 4.69) is 31.1 Å². The van der Waals surface area contributed by atoms with E-state index >= 15 is 0 Å². The summed E-state index contributed by atoms with van der Waals surface area (Å²) in [6.07, 6.45) is 1.57. The molecule has 0 bridgehead atoms. The lowest BCUT2D eigenvalue weighted by atomic mass is 10.1. The van der Waals surface area contributed by atoms with Crippen LogP contribution in [0, 0.1) is 0 Å². The molecular weight excluding hydrogens is 440 g/mol. The van der Waals surface area contributed by atoms with Crippen molar-refractivity contribution in [1.82, 2.24) is 15.2 Å². The van der Waals surface area contributed by atoms with Crippen LogP contribution in [0.4, 0.5) is 5.69 Å². The molecule has 0 radical (unpaired) electrons. The standard InChI is InChI=1S/C20H17BrN4O2S/c1-3-16(26)25-15-7-5-4-6-14(15)17-18(22-20(28-2)24-23-17)27-19(25)12-8-10-13(21)11-9-12/h4-11,19H,3H2,1-2H3/t19-/m1/s1. The van der Waals surface area contributed by atoms with Gasteiger partial charge in [-0.05, 0) is 24.5 Å². The van der Waals surface area contributed by atoms with Crippen molar-refractivity contribution in [3.05, 3.63) is 58.6 Å². The molecule has 8 heteroatoms. The first-order chi connectivity index (χ1) is 13.6. The molecule has 1 atom stereocenters. The molecule has 0 fully saturated rings. The van der Waals surface area contributed by atoms with Crippen LogP contribution in [0.25, 0.3) is 11.3 Å². The number of para-hydroxylation sites is 1. The molecule has 0 saturated carbocycles. The molecule has 2 heterocycles. The SMILES string of the molecule is CCC(=O)N1c2ccccc2-c2nnc(SC)nc2O[C@@H]1c1ccc(Br)cc1. The van der Waals surface area contributed by atoms with Gasteiger partial charge in [0.15, 0.2) is 5.69 Å². The second-order valence-corrected chi connectivity index (χ2v) is 7.80. The minimum absolute atomic E-state index is 0.0498. The molecule has 1 aliphatic rings. The molecule has 0 unspecified atom stereocenters. The maximum absolute atomic E-state index is 13.0. The molecule has 1 aromatic heterocycles. The van der Waals surface area contributed by atoms with Gasteiger partial charge in [-0.15, -0.1) is 10.2 Å². The molecular formula is C20H17BrN4O2S. The van der Waals surface area contributed by atoms with Gasteiger partial charge in [0.1, 0.15) is 0 Å². The van der Waals surface area contributed by atoms with E-state index in [1.807, 2.05) is 61.7 Å². The molecule has 2 aromatic carbocycles. The van der Waals surface area contributed by atoms with Crippen molar-refractivity contribution in [1.29, 1.82) is 0 Å². The summed E-state index contributed by atoms with van der Waals surface area (Å²) < 4.78 is 7.26. The Kier molecular flexibility index (Phi) is 5.32. The lowest BCUT2D eigenvalue weighted by Crippen LogP contribution is -2.37. The van der Waals surface area contributed by atoms with E-state index in [9.17, 15) is 4.79 Å². The second kappa shape index (κ2) is 7.89. The average Bonchev–Trinajstić information content (AvgIpc) is 2.88. The van der Waals surface area contributed by atoms with Crippen molar-refractivity contribution in [2.24, 2.45) is 0 Å². The third-order valence-electron chi connectivity index (χ3n) is 4.42. The molecule has 4 rings (SSSR count). The number of hydrogen-bond donors (Lipinski definition) is 0. The smallest absolute Gasteiger partial charge is 0.247 e. The minimum Gasteiger partial charge on any atom is -0.447 e. The quantitative estimate of drug-likeness (QED) is 0.524. The van der Waals surface area contributed by atoms with Gasteiger partial charge in [-0.1, -0.05) is 64.9 Å². The summed E-state index contributed by atoms with van der Waals surface area (Å²) in [6.45, 7) is 1.84. The zero-order chi connectivity index (χ0) is 19.7. The number of aromatic nitrogens is 3. The number of carbonyl (C=O) groups excluding carboxylic acids is 1. The van der Waals surface area contributed by atoms with Gasteiger partial charge in [0.25, 0.3) is 0 Å². The normalized spacial score (nSPS) is 15.2. The molecule has 0 aliphatic carbocycles. The fourth-order valence-electron chi connectivity index (χ4n) is 3.08. The van der Waals surface area contributed by atoms with E-state index < -0.39 is 6.23 Å². The Morgan fingerprint density at radius 1 is 1.18 bits per heavy atom. The van der Waals surface area contributed by atoms with Crippen LogP contribution in [0.3, 0.4) is 0 Å². The van der Waals surface area contributed by atoms with Crippen LogP contribution in [-0.4, -0.2) is 27.3 Å². The lowest BCUT2D eigenvalue weighted by Gasteiger charge is -2.30. The summed E-state index contributed by atoms with van der Waals surface area (Å²) in [5.41, 5.74) is 2.87. The van der Waals surface area contributed by atoms with Gasteiger partial charge < -0.3 is 4.74 Å². The van der Waals surface area contributed by atoms with Crippen LogP contribution in [-0.2, 0) is 4.79 Å². The topological polar surface area (TPSA) is 68.2 Å². The molecule has 3 aromatic rings. The predicted octanol–water partition coefficient (Wildman–Crippen LogP) is 4.86. The fourth-order valence-corrected chi connectivity index (χ4v) is 3.65. The van der Waals surface area contributed by atoms with E-state index in [1.54, 1.807) is 4.90 Å². The molecule has 0 saturated heterocycles. The van der Waals surface area contributed by atoms with Crippen molar-refractivity contribution >= 4 is 39.3 Å². The van der Waals surface area contributed by atoms with Crippen LogP contribution >= 0.6 is 27.7 Å². The average molecular weight is 457 g/mol. The van der Waals surface area contributed by atoms with Crippen molar-refractivity contribution in [2.75, 3.05) is 11.2 Å². The lowest BCUT2D eigenvalue weighted by molar-refractivity contribution is -0.120. The highest BCUT2D eigenvalue weighted by atomic mass is 79.9.